The predicted octanol–water partition coefficient (Wildman–Crippen LogP) is 1.06. The van der Waals surface area contributed by atoms with Crippen LogP contribution in [0, 0.1) is 0 Å². The smallest absolute Gasteiger partial charge is 0.241 e. The van der Waals surface area contributed by atoms with E-state index >= 15 is 0 Å². The molecular weight excluding hydrogens is 394 g/mol. The van der Waals surface area contributed by atoms with E-state index in [-0.39, 0.29) is 12.5 Å². The molecule has 2 N–H and O–H groups in total. The first kappa shape index (κ1) is 23.3. The second kappa shape index (κ2) is 13.2. The van der Waals surface area contributed by atoms with Gasteiger partial charge in [-0.2, -0.15) is 0 Å². The lowest BCUT2D eigenvalue weighted by Gasteiger charge is -2.36. The summed E-state index contributed by atoms with van der Waals surface area (Å²) in [4.78, 5) is 20.9. The van der Waals surface area contributed by atoms with Crippen molar-refractivity contribution in [1.82, 2.24) is 20.4 Å². The first-order chi connectivity index (χ1) is 14.1. The van der Waals surface area contributed by atoms with Crippen LogP contribution in [0.3, 0.4) is 0 Å². The average molecular weight is 426 g/mol. The number of amides is 1. The van der Waals surface area contributed by atoms with Crippen molar-refractivity contribution < 1.29 is 14.3 Å². The first-order valence-electron chi connectivity index (χ1n) is 10.0. The topological polar surface area (TPSA) is 78.4 Å². The number of rotatable bonds is 10. The lowest BCUT2D eigenvalue weighted by atomic mass is 10.3. The minimum atomic E-state index is -0.101. The van der Waals surface area contributed by atoms with Crippen LogP contribution in [0.1, 0.15) is 6.92 Å². The number of carbonyl (C=O) groups excluding carboxylic acids is 1. The van der Waals surface area contributed by atoms with Gasteiger partial charge in [0.25, 0.3) is 0 Å². The van der Waals surface area contributed by atoms with Crippen LogP contribution in [0.5, 0.6) is 5.75 Å². The molecule has 1 amide bonds. The molecule has 1 aromatic carbocycles. The van der Waals surface area contributed by atoms with Gasteiger partial charge in [0.1, 0.15) is 18.9 Å². The Hall–Kier alpha value is -2.03. The predicted molar refractivity (Wildman–Crippen MR) is 116 cm³/mol. The lowest BCUT2D eigenvalue weighted by Crippen LogP contribution is -2.53. The molecule has 8 nitrogen and oxygen atoms in total. The van der Waals surface area contributed by atoms with Gasteiger partial charge in [0, 0.05) is 57.9 Å². The zero-order chi connectivity index (χ0) is 20.9. The van der Waals surface area contributed by atoms with Crippen LogP contribution < -0.4 is 15.4 Å². The summed E-state index contributed by atoms with van der Waals surface area (Å²) in [5, 5.41) is 6.77. The highest BCUT2D eigenvalue weighted by Gasteiger charge is 2.19. The van der Waals surface area contributed by atoms with Crippen LogP contribution in [-0.4, -0.2) is 94.3 Å². The van der Waals surface area contributed by atoms with Crippen molar-refractivity contribution in [3.8, 4) is 5.75 Å². The minimum absolute atomic E-state index is 0.101. The molecule has 0 aromatic heterocycles. The molecule has 0 unspecified atom stereocenters. The summed E-state index contributed by atoms with van der Waals surface area (Å²) in [6.07, 6.45) is 0. The van der Waals surface area contributed by atoms with Gasteiger partial charge < -0.3 is 25.0 Å². The van der Waals surface area contributed by atoms with E-state index in [1.54, 1.807) is 7.11 Å². The van der Waals surface area contributed by atoms with Crippen molar-refractivity contribution in [1.29, 1.82) is 0 Å². The zero-order valence-corrected chi connectivity index (χ0v) is 18.1. The Balaban J connectivity index is 1.72. The molecule has 9 heteroatoms. The SMILES string of the molecule is CCNC(=NCC(=O)NCCOC)N1CCN(CCOc2ccc(Cl)cc2)CC1. The number of hydrogen-bond acceptors (Lipinski definition) is 5. The molecule has 29 heavy (non-hydrogen) atoms. The molecule has 1 fully saturated rings. The van der Waals surface area contributed by atoms with E-state index in [0.29, 0.717) is 24.8 Å². The highest BCUT2D eigenvalue weighted by molar-refractivity contribution is 6.30. The fraction of sp³-hybridized carbons (Fsp3) is 0.600. The van der Waals surface area contributed by atoms with E-state index in [4.69, 9.17) is 21.1 Å². The van der Waals surface area contributed by atoms with E-state index in [1.807, 2.05) is 31.2 Å². The van der Waals surface area contributed by atoms with Gasteiger partial charge in [0.15, 0.2) is 5.96 Å². The van der Waals surface area contributed by atoms with E-state index < -0.39 is 0 Å². The van der Waals surface area contributed by atoms with Crippen LogP contribution in [0.25, 0.3) is 0 Å². The van der Waals surface area contributed by atoms with Crippen LogP contribution in [-0.2, 0) is 9.53 Å². The number of carbonyl (C=O) groups is 1. The number of ether oxygens (including phenoxy) is 2. The summed E-state index contributed by atoms with van der Waals surface area (Å²) in [6, 6.07) is 7.42. The van der Waals surface area contributed by atoms with Crippen LogP contribution in [0.4, 0.5) is 0 Å². The van der Waals surface area contributed by atoms with Gasteiger partial charge in [0.05, 0.1) is 6.61 Å². The largest absolute Gasteiger partial charge is 0.492 e. The van der Waals surface area contributed by atoms with Crippen molar-refractivity contribution in [3.63, 3.8) is 0 Å². The molecule has 1 heterocycles. The summed E-state index contributed by atoms with van der Waals surface area (Å²) in [6.45, 7) is 8.97. The number of piperazine rings is 1. The Bertz CT molecular complexity index is 634. The van der Waals surface area contributed by atoms with Crippen molar-refractivity contribution >= 4 is 23.5 Å². The fourth-order valence-electron chi connectivity index (χ4n) is 2.93. The normalized spacial score (nSPS) is 15.3. The number of nitrogens with one attached hydrogen (secondary N) is 2. The maximum absolute atomic E-state index is 11.9. The molecule has 0 bridgehead atoms. The zero-order valence-electron chi connectivity index (χ0n) is 17.3. The summed E-state index contributed by atoms with van der Waals surface area (Å²) >= 11 is 5.89. The van der Waals surface area contributed by atoms with Crippen molar-refractivity contribution in [2.45, 2.75) is 6.92 Å². The second-order valence-electron chi connectivity index (χ2n) is 6.64. The van der Waals surface area contributed by atoms with E-state index in [9.17, 15) is 4.79 Å². The number of aliphatic imine (C=N–C) groups is 1. The Morgan fingerprint density at radius 2 is 1.86 bits per heavy atom. The van der Waals surface area contributed by atoms with Gasteiger partial charge in [-0.1, -0.05) is 11.6 Å². The monoisotopic (exact) mass is 425 g/mol. The Labute approximate surface area is 178 Å². The van der Waals surface area contributed by atoms with Crippen LogP contribution >= 0.6 is 11.6 Å². The molecule has 0 spiro atoms. The van der Waals surface area contributed by atoms with Crippen molar-refractivity contribution in [2.24, 2.45) is 4.99 Å². The number of guanidine groups is 1. The van der Waals surface area contributed by atoms with Gasteiger partial charge in [-0.05, 0) is 31.2 Å². The van der Waals surface area contributed by atoms with Gasteiger partial charge in [-0.15, -0.1) is 0 Å². The lowest BCUT2D eigenvalue weighted by molar-refractivity contribution is -0.119. The van der Waals surface area contributed by atoms with E-state index in [0.717, 1.165) is 51.0 Å². The third-order valence-corrected chi connectivity index (χ3v) is 4.75. The van der Waals surface area contributed by atoms with Crippen LogP contribution in [0.15, 0.2) is 29.3 Å². The minimum Gasteiger partial charge on any atom is -0.492 e. The van der Waals surface area contributed by atoms with E-state index in [2.05, 4.69) is 25.4 Å². The third-order valence-electron chi connectivity index (χ3n) is 4.50. The standard InChI is InChI=1S/C20H32ClN5O3/c1-3-22-20(24-16-19(27)23-8-14-28-2)26-11-9-25(10-12-26)13-15-29-18-6-4-17(21)5-7-18/h4-7H,3,8-16H2,1-2H3,(H,22,24)(H,23,27). The average Bonchev–Trinajstić information content (AvgIpc) is 2.73. The number of nitrogens with zero attached hydrogens (tertiary/aromatic N) is 3. The Kier molecular flexibility index (Phi) is 10.6. The maximum atomic E-state index is 11.9. The first-order valence-corrected chi connectivity index (χ1v) is 10.4. The highest BCUT2D eigenvalue weighted by Crippen LogP contribution is 2.15. The summed E-state index contributed by atoms with van der Waals surface area (Å²) in [5.41, 5.74) is 0. The quantitative estimate of drug-likeness (QED) is 0.331. The molecule has 0 aliphatic carbocycles. The molecule has 1 aromatic rings. The molecule has 0 atom stereocenters. The van der Waals surface area contributed by atoms with Gasteiger partial charge in [-0.3, -0.25) is 9.69 Å². The van der Waals surface area contributed by atoms with Gasteiger partial charge >= 0.3 is 0 Å². The molecule has 162 valence electrons. The Morgan fingerprint density at radius 3 is 2.52 bits per heavy atom. The summed E-state index contributed by atoms with van der Waals surface area (Å²) in [5.74, 6) is 1.51. The highest BCUT2D eigenvalue weighted by atomic mass is 35.5. The second-order valence-corrected chi connectivity index (χ2v) is 7.08. The molecule has 2 rings (SSSR count). The fourth-order valence-corrected chi connectivity index (χ4v) is 3.05. The van der Waals surface area contributed by atoms with Crippen molar-refractivity contribution in [2.75, 3.05) is 72.7 Å². The van der Waals surface area contributed by atoms with Crippen molar-refractivity contribution in [3.05, 3.63) is 29.3 Å². The summed E-state index contributed by atoms with van der Waals surface area (Å²) < 4.78 is 10.7. The number of halogens is 1. The number of methoxy groups -OCH3 is 1. The molecule has 1 aliphatic rings. The number of hydrogen-bond donors (Lipinski definition) is 2. The van der Waals surface area contributed by atoms with Crippen LogP contribution in [0.2, 0.25) is 5.02 Å². The maximum Gasteiger partial charge on any atom is 0.241 e. The molecule has 0 radical (unpaired) electrons. The summed E-state index contributed by atoms with van der Waals surface area (Å²) in [7, 11) is 1.61. The number of benzene rings is 1. The van der Waals surface area contributed by atoms with Gasteiger partial charge in [0.2, 0.25) is 5.91 Å². The van der Waals surface area contributed by atoms with Gasteiger partial charge in [-0.25, -0.2) is 4.99 Å². The molecular formula is C20H32ClN5O3. The molecule has 1 aliphatic heterocycles. The molecule has 0 saturated carbocycles. The third kappa shape index (κ3) is 8.89. The Morgan fingerprint density at radius 1 is 1.14 bits per heavy atom. The molecule has 1 saturated heterocycles. The van der Waals surface area contributed by atoms with E-state index in [1.165, 1.54) is 0 Å².